The van der Waals surface area contributed by atoms with Gasteiger partial charge in [0.1, 0.15) is 0 Å². The highest BCUT2D eigenvalue weighted by atomic mass is 19.4. The highest BCUT2D eigenvalue weighted by Crippen LogP contribution is 2.37. The Kier molecular flexibility index (Phi) is 8.59. The summed E-state index contributed by atoms with van der Waals surface area (Å²) in [6.45, 7) is 9.30. The number of benzene rings is 2. The van der Waals surface area contributed by atoms with Gasteiger partial charge in [-0.3, -0.25) is 9.69 Å². The monoisotopic (exact) mass is 544 g/mol. The van der Waals surface area contributed by atoms with Crippen molar-refractivity contribution in [2.45, 2.75) is 58.3 Å². The number of halogens is 3. The standard InChI is InChI=1S/C30H39F3N4O2/c1-29(2,3)25-20-36(17-18-37(25)26(38)19-21-13-15-35(16-14-21)28(34)39)27(22-7-5-4-6-8-22)23-9-11-24(12-10-23)30(31,32)33/h4-12,21,25,27H,13-20H2,1-3H3,(H2,34,39). The van der Waals surface area contributed by atoms with Gasteiger partial charge in [0.2, 0.25) is 5.91 Å². The maximum absolute atomic E-state index is 13.6. The summed E-state index contributed by atoms with van der Waals surface area (Å²) in [6, 6.07) is 14.6. The van der Waals surface area contributed by atoms with E-state index in [1.54, 1.807) is 17.0 Å². The maximum atomic E-state index is 13.6. The van der Waals surface area contributed by atoms with Crippen molar-refractivity contribution in [1.29, 1.82) is 0 Å². The number of nitrogens with two attached hydrogens (primary N) is 1. The SMILES string of the molecule is CC(C)(C)C1CN(C(c2ccccc2)c2ccc(C(F)(F)F)cc2)CCN1C(=O)CC1CCN(C(N)=O)CC1. The molecule has 0 radical (unpaired) electrons. The van der Waals surface area contributed by atoms with Crippen LogP contribution in [-0.4, -0.2) is 65.4 Å². The third-order valence-corrected chi connectivity index (χ3v) is 8.16. The van der Waals surface area contributed by atoms with E-state index < -0.39 is 17.8 Å². The summed E-state index contributed by atoms with van der Waals surface area (Å²) >= 11 is 0. The Balaban J connectivity index is 1.54. The summed E-state index contributed by atoms with van der Waals surface area (Å²) in [6.07, 6.45) is -2.42. The molecule has 2 atom stereocenters. The second-order valence-electron chi connectivity index (χ2n) is 11.9. The zero-order valence-corrected chi connectivity index (χ0v) is 23.0. The summed E-state index contributed by atoms with van der Waals surface area (Å²) in [5.41, 5.74) is 6.33. The van der Waals surface area contributed by atoms with Crippen LogP contribution in [0.25, 0.3) is 0 Å². The number of urea groups is 1. The molecule has 3 amide bonds. The van der Waals surface area contributed by atoms with Gasteiger partial charge in [0.15, 0.2) is 0 Å². The second-order valence-corrected chi connectivity index (χ2v) is 11.9. The van der Waals surface area contributed by atoms with Gasteiger partial charge < -0.3 is 15.5 Å². The zero-order chi connectivity index (χ0) is 28.4. The van der Waals surface area contributed by atoms with Gasteiger partial charge in [0.25, 0.3) is 0 Å². The minimum atomic E-state index is -4.39. The fraction of sp³-hybridized carbons (Fsp3) is 0.533. The zero-order valence-electron chi connectivity index (χ0n) is 23.0. The van der Waals surface area contributed by atoms with Crippen LogP contribution in [0, 0.1) is 11.3 Å². The first-order valence-corrected chi connectivity index (χ1v) is 13.6. The van der Waals surface area contributed by atoms with Crippen molar-refractivity contribution in [1.82, 2.24) is 14.7 Å². The Morgan fingerprint density at radius 3 is 2.03 bits per heavy atom. The fourth-order valence-electron chi connectivity index (χ4n) is 5.90. The lowest BCUT2D eigenvalue weighted by Gasteiger charge is -2.50. The number of hydrogen-bond donors (Lipinski definition) is 1. The Labute approximate surface area is 228 Å². The molecule has 212 valence electrons. The number of primary amides is 1. The first-order chi connectivity index (χ1) is 18.3. The van der Waals surface area contributed by atoms with Crippen molar-refractivity contribution in [3.8, 4) is 0 Å². The Morgan fingerprint density at radius 1 is 0.897 bits per heavy atom. The largest absolute Gasteiger partial charge is 0.416 e. The molecule has 0 saturated carbocycles. The minimum Gasteiger partial charge on any atom is -0.351 e. The van der Waals surface area contributed by atoms with Gasteiger partial charge in [-0.25, -0.2) is 4.79 Å². The van der Waals surface area contributed by atoms with E-state index in [9.17, 15) is 22.8 Å². The third kappa shape index (κ3) is 6.93. The van der Waals surface area contributed by atoms with Gasteiger partial charge in [0, 0.05) is 45.2 Å². The molecule has 2 N–H and O–H groups in total. The van der Waals surface area contributed by atoms with Crippen molar-refractivity contribution < 1.29 is 22.8 Å². The Bertz CT molecular complexity index is 1120. The average Bonchev–Trinajstić information content (AvgIpc) is 2.89. The van der Waals surface area contributed by atoms with E-state index in [1.165, 1.54) is 0 Å². The average molecular weight is 545 g/mol. The van der Waals surface area contributed by atoms with E-state index in [0.29, 0.717) is 39.1 Å². The molecule has 2 aliphatic rings. The van der Waals surface area contributed by atoms with Crippen LogP contribution in [-0.2, 0) is 11.0 Å². The molecule has 2 unspecified atom stereocenters. The highest BCUT2D eigenvalue weighted by Gasteiger charge is 2.41. The third-order valence-electron chi connectivity index (χ3n) is 8.16. The van der Waals surface area contributed by atoms with Crippen molar-refractivity contribution in [2.24, 2.45) is 17.1 Å². The fourth-order valence-corrected chi connectivity index (χ4v) is 5.90. The van der Waals surface area contributed by atoms with E-state index in [4.69, 9.17) is 5.73 Å². The number of carbonyl (C=O) groups excluding carboxylic acids is 2. The van der Waals surface area contributed by atoms with E-state index in [2.05, 4.69) is 25.7 Å². The van der Waals surface area contributed by atoms with Crippen molar-refractivity contribution >= 4 is 11.9 Å². The molecule has 2 aromatic carbocycles. The lowest BCUT2D eigenvalue weighted by molar-refractivity contribution is -0.141. The van der Waals surface area contributed by atoms with E-state index in [1.807, 2.05) is 35.2 Å². The molecular formula is C30H39F3N4O2. The minimum absolute atomic E-state index is 0.0647. The van der Waals surface area contributed by atoms with Crippen LogP contribution in [0.5, 0.6) is 0 Å². The Morgan fingerprint density at radius 2 is 1.49 bits per heavy atom. The van der Waals surface area contributed by atoms with Crippen molar-refractivity contribution in [2.75, 3.05) is 32.7 Å². The molecule has 0 spiro atoms. The molecule has 6 nitrogen and oxygen atoms in total. The normalized spacial score (nSPS) is 20.6. The van der Waals surface area contributed by atoms with Gasteiger partial charge in [0.05, 0.1) is 11.6 Å². The summed E-state index contributed by atoms with van der Waals surface area (Å²) in [7, 11) is 0. The topological polar surface area (TPSA) is 69.9 Å². The summed E-state index contributed by atoms with van der Waals surface area (Å²) in [4.78, 5) is 31.0. The predicted octanol–water partition coefficient (Wildman–Crippen LogP) is 5.53. The molecule has 0 bridgehead atoms. The van der Waals surface area contributed by atoms with Gasteiger partial charge >= 0.3 is 12.2 Å². The first kappa shape index (κ1) is 28.9. The van der Waals surface area contributed by atoms with Crippen LogP contribution in [0.15, 0.2) is 54.6 Å². The molecule has 2 heterocycles. The summed E-state index contributed by atoms with van der Waals surface area (Å²) in [5.74, 6) is 0.342. The van der Waals surface area contributed by atoms with Crippen LogP contribution in [0.2, 0.25) is 0 Å². The molecule has 4 rings (SSSR count). The number of amides is 3. The number of nitrogens with zero attached hydrogens (tertiary/aromatic N) is 3. The summed E-state index contributed by atoms with van der Waals surface area (Å²) in [5, 5.41) is 0. The number of piperazine rings is 1. The van der Waals surface area contributed by atoms with E-state index in [-0.39, 0.29) is 29.3 Å². The molecule has 0 aliphatic carbocycles. The maximum Gasteiger partial charge on any atom is 0.416 e. The molecule has 2 saturated heterocycles. The molecular weight excluding hydrogens is 505 g/mol. The molecule has 2 aliphatic heterocycles. The molecule has 39 heavy (non-hydrogen) atoms. The smallest absolute Gasteiger partial charge is 0.351 e. The van der Waals surface area contributed by atoms with Gasteiger partial charge in [-0.15, -0.1) is 0 Å². The second kappa shape index (κ2) is 11.6. The number of rotatable bonds is 5. The van der Waals surface area contributed by atoms with Crippen LogP contribution >= 0.6 is 0 Å². The van der Waals surface area contributed by atoms with Crippen molar-refractivity contribution in [3.63, 3.8) is 0 Å². The molecule has 2 fully saturated rings. The molecule has 9 heteroatoms. The van der Waals surface area contributed by atoms with Crippen LogP contribution < -0.4 is 5.73 Å². The Hall–Kier alpha value is -3.07. The van der Waals surface area contributed by atoms with E-state index >= 15 is 0 Å². The van der Waals surface area contributed by atoms with Gasteiger partial charge in [-0.2, -0.15) is 13.2 Å². The number of alkyl halides is 3. The molecule has 0 aromatic heterocycles. The van der Waals surface area contributed by atoms with Gasteiger partial charge in [-0.05, 0) is 47.4 Å². The van der Waals surface area contributed by atoms with Gasteiger partial charge in [-0.1, -0.05) is 63.2 Å². The van der Waals surface area contributed by atoms with E-state index in [0.717, 1.165) is 36.1 Å². The van der Waals surface area contributed by atoms with Crippen molar-refractivity contribution in [3.05, 3.63) is 71.3 Å². The van der Waals surface area contributed by atoms with Crippen LogP contribution in [0.1, 0.15) is 62.8 Å². The quantitative estimate of drug-likeness (QED) is 0.538. The number of carbonyl (C=O) groups is 2. The first-order valence-electron chi connectivity index (χ1n) is 13.6. The predicted molar refractivity (Wildman–Crippen MR) is 145 cm³/mol. The highest BCUT2D eigenvalue weighted by molar-refractivity contribution is 5.77. The number of piperidine rings is 1. The lowest BCUT2D eigenvalue weighted by atomic mass is 9.82. The number of hydrogen-bond acceptors (Lipinski definition) is 3. The van der Waals surface area contributed by atoms with Crippen LogP contribution in [0.3, 0.4) is 0 Å². The van der Waals surface area contributed by atoms with Crippen LogP contribution in [0.4, 0.5) is 18.0 Å². The molecule has 2 aromatic rings. The number of likely N-dealkylation sites (tertiary alicyclic amines) is 1. The summed E-state index contributed by atoms with van der Waals surface area (Å²) < 4.78 is 39.8. The lowest BCUT2D eigenvalue weighted by Crippen LogP contribution is -2.60.